The molecule has 24 heavy (non-hydrogen) atoms. The number of nitrogens with zero attached hydrogens (tertiary/aromatic N) is 3. The molecular formula is C19H27FN4. The van der Waals surface area contributed by atoms with E-state index in [1.807, 2.05) is 18.2 Å². The number of likely N-dealkylation sites (tertiary alicyclic amines) is 1. The summed E-state index contributed by atoms with van der Waals surface area (Å²) in [5.74, 6) is 0.567. The van der Waals surface area contributed by atoms with E-state index in [1.54, 1.807) is 18.3 Å². The van der Waals surface area contributed by atoms with Crippen LogP contribution in [0.15, 0.2) is 36.5 Å². The van der Waals surface area contributed by atoms with Gasteiger partial charge in [0.05, 0.1) is 0 Å². The lowest BCUT2D eigenvalue weighted by Gasteiger charge is -2.34. The van der Waals surface area contributed by atoms with Gasteiger partial charge in [-0.2, -0.15) is 5.10 Å². The second-order valence-electron chi connectivity index (χ2n) is 6.96. The van der Waals surface area contributed by atoms with Crippen LogP contribution in [0.5, 0.6) is 0 Å². The summed E-state index contributed by atoms with van der Waals surface area (Å²) in [5.41, 5.74) is 2.39. The maximum Gasteiger partial charge on any atom is 0.123 e. The lowest BCUT2D eigenvalue weighted by Crippen LogP contribution is -2.40. The van der Waals surface area contributed by atoms with Gasteiger partial charge in [0, 0.05) is 38.1 Å². The van der Waals surface area contributed by atoms with Crippen LogP contribution >= 0.6 is 0 Å². The van der Waals surface area contributed by atoms with E-state index in [0.29, 0.717) is 0 Å². The van der Waals surface area contributed by atoms with Crippen LogP contribution in [-0.2, 0) is 13.0 Å². The molecule has 1 N–H and O–H groups in total. The average Bonchev–Trinajstić information content (AvgIpc) is 3.07. The Hall–Kier alpha value is -1.72. The molecule has 0 amide bonds. The van der Waals surface area contributed by atoms with Crippen LogP contribution in [0, 0.1) is 11.7 Å². The SMILES string of the molecule is CN(Cc1ccn[nH]1)CC1CCCN(CCc2ccc(F)cc2)C1. The van der Waals surface area contributed by atoms with Gasteiger partial charge in [0.15, 0.2) is 0 Å². The Morgan fingerprint density at radius 1 is 1.29 bits per heavy atom. The Labute approximate surface area is 143 Å². The van der Waals surface area contributed by atoms with Crippen molar-refractivity contribution in [2.75, 3.05) is 33.2 Å². The highest BCUT2D eigenvalue weighted by molar-refractivity contribution is 5.16. The number of H-pyrrole nitrogens is 1. The Kier molecular flexibility index (Phi) is 5.99. The first-order chi connectivity index (χ1) is 11.7. The number of hydrogen-bond acceptors (Lipinski definition) is 3. The molecule has 1 aliphatic heterocycles. The summed E-state index contributed by atoms with van der Waals surface area (Å²) in [5, 5.41) is 7.04. The smallest absolute Gasteiger partial charge is 0.123 e. The Bertz CT molecular complexity index is 596. The first kappa shape index (κ1) is 17.1. The van der Waals surface area contributed by atoms with Gasteiger partial charge >= 0.3 is 0 Å². The van der Waals surface area contributed by atoms with Crippen molar-refractivity contribution in [3.05, 3.63) is 53.6 Å². The van der Waals surface area contributed by atoms with E-state index in [0.717, 1.165) is 38.5 Å². The number of halogens is 1. The monoisotopic (exact) mass is 330 g/mol. The molecule has 0 radical (unpaired) electrons. The van der Waals surface area contributed by atoms with Gasteiger partial charge in [0.1, 0.15) is 5.82 Å². The third-order valence-electron chi connectivity index (χ3n) is 4.80. The first-order valence-corrected chi connectivity index (χ1v) is 8.82. The maximum atomic E-state index is 13.0. The Balaban J connectivity index is 1.42. The molecule has 1 aromatic carbocycles. The van der Waals surface area contributed by atoms with Gasteiger partial charge in [-0.1, -0.05) is 12.1 Å². The predicted molar refractivity (Wildman–Crippen MR) is 94.2 cm³/mol. The van der Waals surface area contributed by atoms with Crippen molar-refractivity contribution in [3.63, 3.8) is 0 Å². The molecule has 5 heteroatoms. The van der Waals surface area contributed by atoms with Crippen LogP contribution < -0.4 is 0 Å². The number of piperidine rings is 1. The molecule has 1 fully saturated rings. The zero-order chi connectivity index (χ0) is 16.8. The van der Waals surface area contributed by atoms with Crippen LogP contribution in [0.2, 0.25) is 0 Å². The maximum absolute atomic E-state index is 13.0. The van der Waals surface area contributed by atoms with Gasteiger partial charge in [-0.3, -0.25) is 5.10 Å². The van der Waals surface area contributed by atoms with E-state index in [4.69, 9.17) is 0 Å². The minimum atomic E-state index is -0.155. The molecule has 4 nitrogen and oxygen atoms in total. The second-order valence-corrected chi connectivity index (χ2v) is 6.96. The number of hydrogen-bond donors (Lipinski definition) is 1. The molecule has 1 saturated heterocycles. The highest BCUT2D eigenvalue weighted by Gasteiger charge is 2.21. The van der Waals surface area contributed by atoms with Crippen molar-refractivity contribution in [2.24, 2.45) is 5.92 Å². The third-order valence-corrected chi connectivity index (χ3v) is 4.80. The largest absolute Gasteiger partial charge is 0.303 e. The van der Waals surface area contributed by atoms with Crippen molar-refractivity contribution in [1.82, 2.24) is 20.0 Å². The molecule has 130 valence electrons. The number of nitrogens with one attached hydrogen (secondary N) is 1. The van der Waals surface area contributed by atoms with Crippen molar-refractivity contribution >= 4 is 0 Å². The van der Waals surface area contributed by atoms with Gasteiger partial charge in [-0.05, 0) is 62.5 Å². The molecule has 0 aliphatic carbocycles. The highest BCUT2D eigenvalue weighted by atomic mass is 19.1. The van der Waals surface area contributed by atoms with Crippen molar-refractivity contribution < 1.29 is 4.39 Å². The molecule has 0 saturated carbocycles. The zero-order valence-electron chi connectivity index (χ0n) is 14.4. The van der Waals surface area contributed by atoms with Crippen LogP contribution in [0.25, 0.3) is 0 Å². The Morgan fingerprint density at radius 3 is 2.88 bits per heavy atom. The fourth-order valence-electron chi connectivity index (χ4n) is 3.61. The van der Waals surface area contributed by atoms with E-state index in [1.165, 1.54) is 30.6 Å². The lowest BCUT2D eigenvalue weighted by molar-refractivity contribution is 0.142. The Morgan fingerprint density at radius 2 is 2.12 bits per heavy atom. The van der Waals surface area contributed by atoms with E-state index in [-0.39, 0.29) is 5.82 Å². The molecule has 1 aliphatic rings. The molecule has 2 aromatic rings. The minimum Gasteiger partial charge on any atom is -0.303 e. The first-order valence-electron chi connectivity index (χ1n) is 8.82. The van der Waals surface area contributed by atoms with Gasteiger partial charge in [-0.15, -0.1) is 0 Å². The standard InChI is InChI=1S/C19H27FN4/c1-23(15-19-8-10-21-22-19)13-17-3-2-11-24(14-17)12-9-16-4-6-18(20)7-5-16/h4-8,10,17H,2-3,9,11-15H2,1H3,(H,21,22). The number of benzene rings is 1. The molecule has 3 rings (SSSR count). The summed E-state index contributed by atoms with van der Waals surface area (Å²) in [6.07, 6.45) is 5.38. The molecule has 0 bridgehead atoms. The molecule has 1 aromatic heterocycles. The quantitative estimate of drug-likeness (QED) is 0.848. The summed E-state index contributed by atoms with van der Waals surface area (Å²) >= 11 is 0. The second kappa shape index (κ2) is 8.40. The van der Waals surface area contributed by atoms with E-state index in [9.17, 15) is 4.39 Å². The van der Waals surface area contributed by atoms with Crippen LogP contribution in [-0.4, -0.2) is 53.2 Å². The number of aromatic amines is 1. The van der Waals surface area contributed by atoms with Crippen molar-refractivity contribution in [1.29, 1.82) is 0 Å². The average molecular weight is 330 g/mol. The van der Waals surface area contributed by atoms with E-state index < -0.39 is 0 Å². The van der Waals surface area contributed by atoms with Crippen LogP contribution in [0.1, 0.15) is 24.1 Å². The van der Waals surface area contributed by atoms with E-state index in [2.05, 4.69) is 27.0 Å². The van der Waals surface area contributed by atoms with E-state index >= 15 is 0 Å². The molecule has 1 atom stereocenters. The molecule has 2 heterocycles. The number of aromatic nitrogens is 2. The predicted octanol–water partition coefficient (Wildman–Crippen LogP) is 2.94. The minimum absolute atomic E-state index is 0.155. The summed E-state index contributed by atoms with van der Waals surface area (Å²) in [6, 6.07) is 8.94. The third kappa shape index (κ3) is 5.14. The summed E-state index contributed by atoms with van der Waals surface area (Å²) in [4.78, 5) is 4.93. The van der Waals surface area contributed by atoms with Crippen LogP contribution in [0.3, 0.4) is 0 Å². The molecular weight excluding hydrogens is 303 g/mol. The summed E-state index contributed by atoms with van der Waals surface area (Å²) in [6.45, 7) is 5.45. The topological polar surface area (TPSA) is 35.2 Å². The fourth-order valence-corrected chi connectivity index (χ4v) is 3.61. The number of rotatable bonds is 7. The molecule has 0 spiro atoms. The van der Waals surface area contributed by atoms with Crippen molar-refractivity contribution in [3.8, 4) is 0 Å². The lowest BCUT2D eigenvalue weighted by atomic mass is 9.97. The molecule has 1 unspecified atom stereocenters. The fraction of sp³-hybridized carbons (Fsp3) is 0.526. The van der Waals surface area contributed by atoms with Gasteiger partial charge in [0.2, 0.25) is 0 Å². The zero-order valence-corrected chi connectivity index (χ0v) is 14.4. The summed E-state index contributed by atoms with van der Waals surface area (Å²) in [7, 11) is 2.18. The van der Waals surface area contributed by atoms with Gasteiger partial charge in [0.25, 0.3) is 0 Å². The highest BCUT2D eigenvalue weighted by Crippen LogP contribution is 2.18. The van der Waals surface area contributed by atoms with Gasteiger partial charge < -0.3 is 9.80 Å². The summed E-state index contributed by atoms with van der Waals surface area (Å²) < 4.78 is 13.0. The van der Waals surface area contributed by atoms with Crippen LogP contribution in [0.4, 0.5) is 4.39 Å². The normalized spacial score (nSPS) is 19.0. The van der Waals surface area contributed by atoms with Gasteiger partial charge in [-0.25, -0.2) is 4.39 Å². The van der Waals surface area contributed by atoms with Crippen molar-refractivity contribution in [2.45, 2.75) is 25.8 Å².